The standard InChI is InChI=1S/C30H36ClN3O6S/c1-5-17-32-30(36)27(18-22-11-7-6-8-12-22)33(20-23-13-9-10-14-25(23)31)29(35)21-34(41(4,37)38)26-19-24(39-2)15-16-28(26)40-3/h6-16,19,27H,5,17-18,20-21H2,1-4H3,(H,32,36)/t27-/m0/s1. The van der Waals surface area contributed by atoms with Crippen LogP contribution in [-0.4, -0.2) is 64.7 Å². The lowest BCUT2D eigenvalue weighted by Crippen LogP contribution is -2.53. The molecule has 1 N–H and O–H groups in total. The largest absolute Gasteiger partial charge is 0.497 e. The van der Waals surface area contributed by atoms with E-state index >= 15 is 0 Å². The quantitative estimate of drug-likeness (QED) is 0.296. The summed E-state index contributed by atoms with van der Waals surface area (Å²) in [5.41, 5.74) is 1.60. The molecule has 0 bridgehead atoms. The van der Waals surface area contributed by atoms with Gasteiger partial charge in [0.25, 0.3) is 0 Å². The van der Waals surface area contributed by atoms with E-state index < -0.39 is 28.5 Å². The van der Waals surface area contributed by atoms with Crippen molar-refractivity contribution in [3.8, 4) is 11.5 Å². The van der Waals surface area contributed by atoms with Gasteiger partial charge in [0.2, 0.25) is 21.8 Å². The van der Waals surface area contributed by atoms with E-state index in [1.165, 1.54) is 25.2 Å². The van der Waals surface area contributed by atoms with Crippen molar-refractivity contribution in [3.63, 3.8) is 0 Å². The second-order valence-electron chi connectivity index (χ2n) is 9.42. The third kappa shape index (κ3) is 8.61. The van der Waals surface area contributed by atoms with Gasteiger partial charge in [-0.3, -0.25) is 13.9 Å². The van der Waals surface area contributed by atoms with Gasteiger partial charge in [0.05, 0.1) is 26.2 Å². The van der Waals surface area contributed by atoms with Crippen LogP contribution in [0.1, 0.15) is 24.5 Å². The van der Waals surface area contributed by atoms with Crippen LogP contribution in [0.2, 0.25) is 5.02 Å². The Labute approximate surface area is 247 Å². The van der Waals surface area contributed by atoms with Gasteiger partial charge in [0.15, 0.2) is 0 Å². The molecule has 3 rings (SSSR count). The lowest BCUT2D eigenvalue weighted by molar-refractivity contribution is -0.140. The van der Waals surface area contributed by atoms with Crippen molar-refractivity contribution < 1.29 is 27.5 Å². The molecule has 220 valence electrons. The third-order valence-electron chi connectivity index (χ3n) is 6.45. The molecule has 11 heteroatoms. The van der Waals surface area contributed by atoms with Crippen LogP contribution in [0.5, 0.6) is 11.5 Å². The summed E-state index contributed by atoms with van der Waals surface area (Å²) in [4.78, 5) is 29.1. The highest BCUT2D eigenvalue weighted by Crippen LogP contribution is 2.34. The van der Waals surface area contributed by atoms with Crippen LogP contribution in [0.3, 0.4) is 0 Å². The molecule has 0 aliphatic rings. The molecule has 1 atom stereocenters. The first kappa shape index (κ1) is 31.8. The highest BCUT2D eigenvalue weighted by atomic mass is 35.5. The first-order valence-corrected chi connectivity index (χ1v) is 15.4. The van der Waals surface area contributed by atoms with Gasteiger partial charge in [-0.25, -0.2) is 8.42 Å². The molecular weight excluding hydrogens is 566 g/mol. The van der Waals surface area contributed by atoms with Crippen LogP contribution in [-0.2, 0) is 32.6 Å². The van der Waals surface area contributed by atoms with Crippen molar-refractivity contribution in [1.29, 1.82) is 0 Å². The minimum atomic E-state index is -3.98. The van der Waals surface area contributed by atoms with Gasteiger partial charge in [0.1, 0.15) is 24.1 Å². The number of carbonyl (C=O) groups excluding carboxylic acids is 2. The van der Waals surface area contributed by atoms with Gasteiger partial charge in [-0.15, -0.1) is 0 Å². The first-order valence-electron chi connectivity index (χ1n) is 13.1. The zero-order chi connectivity index (χ0) is 30.0. The maximum Gasteiger partial charge on any atom is 0.244 e. The molecule has 0 saturated carbocycles. The predicted octanol–water partition coefficient (Wildman–Crippen LogP) is 4.29. The molecule has 41 heavy (non-hydrogen) atoms. The number of ether oxygens (including phenoxy) is 2. The van der Waals surface area contributed by atoms with Crippen molar-refractivity contribution in [2.24, 2.45) is 0 Å². The van der Waals surface area contributed by atoms with E-state index in [1.54, 1.807) is 36.4 Å². The number of hydrogen-bond donors (Lipinski definition) is 1. The number of halogens is 1. The SMILES string of the molecule is CCCNC(=O)[C@H](Cc1ccccc1)N(Cc1ccccc1Cl)C(=O)CN(c1cc(OC)ccc1OC)S(C)(=O)=O. The molecule has 3 aromatic rings. The number of sulfonamides is 1. The van der Waals surface area contributed by atoms with Gasteiger partial charge in [-0.2, -0.15) is 0 Å². The summed E-state index contributed by atoms with van der Waals surface area (Å²) in [6.45, 7) is 1.76. The van der Waals surface area contributed by atoms with Crippen molar-refractivity contribution >= 4 is 39.1 Å². The summed E-state index contributed by atoms with van der Waals surface area (Å²) in [5, 5.41) is 3.33. The van der Waals surface area contributed by atoms with Crippen molar-refractivity contribution in [2.75, 3.05) is 37.9 Å². The molecule has 0 saturated heterocycles. The van der Waals surface area contributed by atoms with Crippen molar-refractivity contribution in [1.82, 2.24) is 10.2 Å². The lowest BCUT2D eigenvalue weighted by Gasteiger charge is -2.34. The predicted molar refractivity (Wildman–Crippen MR) is 161 cm³/mol. The topological polar surface area (TPSA) is 105 Å². The van der Waals surface area contributed by atoms with Gasteiger partial charge >= 0.3 is 0 Å². The zero-order valence-corrected chi connectivity index (χ0v) is 25.2. The molecule has 0 spiro atoms. The highest BCUT2D eigenvalue weighted by Gasteiger charge is 2.34. The fraction of sp³-hybridized carbons (Fsp3) is 0.333. The smallest absolute Gasteiger partial charge is 0.244 e. The van der Waals surface area contributed by atoms with E-state index in [-0.39, 0.29) is 30.3 Å². The van der Waals surface area contributed by atoms with Crippen LogP contribution < -0.4 is 19.1 Å². The van der Waals surface area contributed by atoms with Gasteiger partial charge in [-0.05, 0) is 35.7 Å². The average Bonchev–Trinajstić information content (AvgIpc) is 2.96. The molecule has 0 radical (unpaired) electrons. The van der Waals surface area contributed by atoms with E-state index in [4.69, 9.17) is 21.1 Å². The van der Waals surface area contributed by atoms with Crippen LogP contribution in [0, 0.1) is 0 Å². The molecule has 3 aromatic carbocycles. The monoisotopic (exact) mass is 601 g/mol. The number of rotatable bonds is 14. The second kappa shape index (κ2) is 14.7. The molecule has 2 amide bonds. The number of benzene rings is 3. The minimum absolute atomic E-state index is 0.0115. The zero-order valence-electron chi connectivity index (χ0n) is 23.7. The Morgan fingerprint density at radius 3 is 2.27 bits per heavy atom. The van der Waals surface area contributed by atoms with E-state index in [2.05, 4.69) is 5.32 Å². The van der Waals surface area contributed by atoms with E-state index in [9.17, 15) is 18.0 Å². The fourth-order valence-corrected chi connectivity index (χ4v) is 5.36. The summed E-state index contributed by atoms with van der Waals surface area (Å²) >= 11 is 6.47. The number of hydrogen-bond acceptors (Lipinski definition) is 6. The summed E-state index contributed by atoms with van der Waals surface area (Å²) in [7, 11) is -1.12. The molecule has 0 aliphatic carbocycles. The molecular formula is C30H36ClN3O6S. The van der Waals surface area contributed by atoms with E-state index in [0.717, 1.165) is 16.1 Å². The summed E-state index contributed by atoms with van der Waals surface area (Å²) < 4.78 is 37.8. The van der Waals surface area contributed by atoms with Gasteiger partial charge in [-0.1, -0.05) is 67.1 Å². The van der Waals surface area contributed by atoms with Crippen LogP contribution in [0.15, 0.2) is 72.8 Å². The third-order valence-corrected chi connectivity index (χ3v) is 7.95. The molecule has 0 heterocycles. The molecule has 0 aromatic heterocycles. The number of amides is 2. The lowest BCUT2D eigenvalue weighted by atomic mass is 10.0. The number of methoxy groups -OCH3 is 2. The van der Waals surface area contributed by atoms with Crippen LogP contribution >= 0.6 is 11.6 Å². The number of anilines is 1. The summed E-state index contributed by atoms with van der Waals surface area (Å²) in [5.74, 6) is -0.312. The van der Waals surface area contributed by atoms with E-state index in [1.807, 2.05) is 37.3 Å². The maximum atomic E-state index is 14.2. The highest BCUT2D eigenvalue weighted by molar-refractivity contribution is 7.92. The number of carbonyl (C=O) groups is 2. The second-order valence-corrected chi connectivity index (χ2v) is 11.7. The van der Waals surface area contributed by atoms with Crippen molar-refractivity contribution in [2.45, 2.75) is 32.4 Å². The summed E-state index contributed by atoms with van der Waals surface area (Å²) in [6.07, 6.45) is 1.93. The maximum absolute atomic E-state index is 14.2. The Morgan fingerprint density at radius 2 is 1.66 bits per heavy atom. The average molecular weight is 602 g/mol. The number of nitrogens with zero attached hydrogens (tertiary/aromatic N) is 2. The Bertz CT molecular complexity index is 1440. The van der Waals surface area contributed by atoms with Gasteiger partial charge in [0, 0.05) is 30.6 Å². The van der Waals surface area contributed by atoms with Crippen molar-refractivity contribution in [3.05, 3.63) is 88.9 Å². The molecule has 9 nitrogen and oxygen atoms in total. The Morgan fingerprint density at radius 1 is 0.976 bits per heavy atom. The minimum Gasteiger partial charge on any atom is -0.497 e. The van der Waals surface area contributed by atoms with Crippen LogP contribution in [0.4, 0.5) is 5.69 Å². The van der Waals surface area contributed by atoms with E-state index in [0.29, 0.717) is 29.3 Å². The van der Waals surface area contributed by atoms with Crippen LogP contribution in [0.25, 0.3) is 0 Å². The fourth-order valence-electron chi connectivity index (χ4n) is 4.32. The number of nitrogens with one attached hydrogen (secondary N) is 1. The Hall–Kier alpha value is -3.76. The summed E-state index contributed by atoms with van der Waals surface area (Å²) in [6, 6.07) is 20.1. The first-order chi connectivity index (χ1) is 19.6. The Balaban J connectivity index is 2.10. The molecule has 0 fully saturated rings. The molecule has 0 aliphatic heterocycles. The normalized spacial score (nSPS) is 11.8. The van der Waals surface area contributed by atoms with Gasteiger partial charge < -0.3 is 19.7 Å². The Kier molecular flexibility index (Phi) is 11.4. The molecule has 0 unspecified atom stereocenters.